The van der Waals surface area contributed by atoms with Crippen LogP contribution in [0, 0.1) is 5.41 Å². The minimum atomic E-state index is -3.52. The SMILES string of the molecule is CN(CC(C)(C)CN)S(=O)(=O)c1ccccn1. The molecule has 0 unspecified atom stereocenters. The summed E-state index contributed by atoms with van der Waals surface area (Å²) in [7, 11) is -1.97. The highest BCUT2D eigenvalue weighted by Gasteiger charge is 2.27. The molecule has 0 radical (unpaired) electrons. The summed E-state index contributed by atoms with van der Waals surface area (Å²) in [5, 5.41) is 0.0651. The van der Waals surface area contributed by atoms with Crippen LogP contribution in [0.25, 0.3) is 0 Å². The van der Waals surface area contributed by atoms with Crippen molar-refractivity contribution in [3.8, 4) is 0 Å². The Morgan fingerprint density at radius 1 is 1.41 bits per heavy atom. The molecule has 0 saturated carbocycles. The maximum atomic E-state index is 12.1. The maximum Gasteiger partial charge on any atom is 0.260 e. The Bertz CT molecular complexity index is 457. The molecule has 0 saturated heterocycles. The van der Waals surface area contributed by atoms with Crippen LogP contribution < -0.4 is 5.73 Å². The lowest BCUT2D eigenvalue weighted by Gasteiger charge is -2.28. The molecule has 2 N–H and O–H groups in total. The van der Waals surface area contributed by atoms with E-state index in [1.165, 1.54) is 16.6 Å². The molecule has 0 aromatic carbocycles. The third-order valence-corrected chi connectivity index (χ3v) is 4.24. The van der Waals surface area contributed by atoms with Gasteiger partial charge in [-0.15, -0.1) is 0 Å². The van der Waals surface area contributed by atoms with Crippen molar-refractivity contribution in [2.75, 3.05) is 20.1 Å². The van der Waals surface area contributed by atoms with Gasteiger partial charge in [-0.05, 0) is 24.1 Å². The van der Waals surface area contributed by atoms with Gasteiger partial charge >= 0.3 is 0 Å². The van der Waals surface area contributed by atoms with E-state index in [-0.39, 0.29) is 10.4 Å². The highest BCUT2D eigenvalue weighted by molar-refractivity contribution is 7.89. The number of nitrogens with two attached hydrogens (primary N) is 1. The Morgan fingerprint density at radius 2 is 2.06 bits per heavy atom. The number of sulfonamides is 1. The molecule has 96 valence electrons. The van der Waals surface area contributed by atoms with E-state index in [4.69, 9.17) is 5.73 Å². The van der Waals surface area contributed by atoms with Crippen molar-refractivity contribution in [2.45, 2.75) is 18.9 Å². The molecule has 0 aliphatic rings. The van der Waals surface area contributed by atoms with Crippen LogP contribution in [0.15, 0.2) is 29.4 Å². The van der Waals surface area contributed by atoms with Gasteiger partial charge in [0.25, 0.3) is 10.0 Å². The van der Waals surface area contributed by atoms with Crippen LogP contribution in [0.2, 0.25) is 0 Å². The van der Waals surface area contributed by atoms with Crippen molar-refractivity contribution < 1.29 is 8.42 Å². The number of hydrogen-bond donors (Lipinski definition) is 1. The zero-order valence-electron chi connectivity index (χ0n) is 10.4. The highest BCUT2D eigenvalue weighted by Crippen LogP contribution is 2.19. The third kappa shape index (κ3) is 3.49. The monoisotopic (exact) mass is 257 g/mol. The number of hydrogen-bond acceptors (Lipinski definition) is 4. The summed E-state index contributed by atoms with van der Waals surface area (Å²) in [5.74, 6) is 0. The molecular formula is C11H19N3O2S. The molecule has 0 fully saturated rings. The first-order valence-electron chi connectivity index (χ1n) is 5.37. The van der Waals surface area contributed by atoms with Gasteiger partial charge in [-0.25, -0.2) is 13.4 Å². The van der Waals surface area contributed by atoms with Gasteiger partial charge in [0, 0.05) is 19.8 Å². The van der Waals surface area contributed by atoms with Crippen molar-refractivity contribution in [3.05, 3.63) is 24.4 Å². The van der Waals surface area contributed by atoms with Gasteiger partial charge in [0.2, 0.25) is 0 Å². The van der Waals surface area contributed by atoms with Crippen molar-refractivity contribution in [3.63, 3.8) is 0 Å². The number of aromatic nitrogens is 1. The molecule has 0 aliphatic heterocycles. The average Bonchev–Trinajstić information content (AvgIpc) is 2.29. The molecule has 0 aliphatic carbocycles. The van der Waals surface area contributed by atoms with Gasteiger partial charge in [-0.2, -0.15) is 4.31 Å². The van der Waals surface area contributed by atoms with E-state index in [0.29, 0.717) is 13.1 Å². The zero-order valence-corrected chi connectivity index (χ0v) is 11.2. The standard InChI is InChI=1S/C11H19N3O2S/c1-11(2,8-12)9-14(3)17(15,16)10-6-4-5-7-13-10/h4-7H,8-9,12H2,1-3H3. The molecule has 0 atom stereocenters. The highest BCUT2D eigenvalue weighted by atomic mass is 32.2. The van der Waals surface area contributed by atoms with E-state index < -0.39 is 10.0 Å². The lowest BCUT2D eigenvalue weighted by Crippen LogP contribution is -2.39. The Morgan fingerprint density at radius 3 is 2.53 bits per heavy atom. The van der Waals surface area contributed by atoms with E-state index in [0.717, 1.165) is 0 Å². The van der Waals surface area contributed by atoms with Gasteiger partial charge in [0.1, 0.15) is 0 Å². The lowest BCUT2D eigenvalue weighted by molar-refractivity contribution is 0.291. The molecule has 1 aromatic heterocycles. The van der Waals surface area contributed by atoms with E-state index in [2.05, 4.69) is 4.98 Å². The predicted octanol–water partition coefficient (Wildman–Crippen LogP) is 0.687. The maximum absolute atomic E-state index is 12.1. The summed E-state index contributed by atoms with van der Waals surface area (Å²) in [6.07, 6.45) is 1.47. The fourth-order valence-corrected chi connectivity index (χ4v) is 2.70. The molecule has 0 amide bonds. The van der Waals surface area contributed by atoms with Crippen molar-refractivity contribution in [1.82, 2.24) is 9.29 Å². The first-order valence-corrected chi connectivity index (χ1v) is 6.81. The third-order valence-electron chi connectivity index (χ3n) is 2.52. The summed E-state index contributed by atoms with van der Waals surface area (Å²) in [6.45, 7) is 4.65. The van der Waals surface area contributed by atoms with Crippen molar-refractivity contribution in [1.29, 1.82) is 0 Å². The topological polar surface area (TPSA) is 76.3 Å². The number of rotatable bonds is 5. The first-order chi connectivity index (χ1) is 7.79. The number of nitrogens with zero attached hydrogens (tertiary/aromatic N) is 2. The van der Waals surface area contributed by atoms with Crippen LogP contribution in [0.3, 0.4) is 0 Å². The Hall–Kier alpha value is -0.980. The Kier molecular flexibility index (Phi) is 4.24. The molecule has 5 nitrogen and oxygen atoms in total. The summed E-state index contributed by atoms with van der Waals surface area (Å²) < 4.78 is 25.6. The van der Waals surface area contributed by atoms with Crippen LogP contribution in [0.1, 0.15) is 13.8 Å². The van der Waals surface area contributed by atoms with E-state index in [1.54, 1.807) is 19.2 Å². The van der Waals surface area contributed by atoms with Crippen molar-refractivity contribution >= 4 is 10.0 Å². The normalized spacial score (nSPS) is 13.0. The fraction of sp³-hybridized carbons (Fsp3) is 0.545. The molecule has 0 bridgehead atoms. The molecule has 6 heteroatoms. The van der Waals surface area contributed by atoms with Gasteiger partial charge in [0.05, 0.1) is 0 Å². The first kappa shape index (κ1) is 14.1. The second-order valence-electron chi connectivity index (χ2n) is 4.80. The van der Waals surface area contributed by atoms with E-state index >= 15 is 0 Å². The van der Waals surface area contributed by atoms with Crippen molar-refractivity contribution in [2.24, 2.45) is 11.1 Å². The molecular weight excluding hydrogens is 238 g/mol. The van der Waals surface area contributed by atoms with E-state index in [1.807, 2.05) is 13.8 Å². The van der Waals surface area contributed by atoms with Gasteiger partial charge in [-0.3, -0.25) is 0 Å². The second-order valence-corrected chi connectivity index (χ2v) is 6.79. The summed E-state index contributed by atoms with van der Waals surface area (Å²) in [4.78, 5) is 3.87. The summed E-state index contributed by atoms with van der Waals surface area (Å²) in [6, 6.07) is 4.83. The van der Waals surface area contributed by atoms with Gasteiger partial charge < -0.3 is 5.73 Å². The Balaban J connectivity index is 2.93. The molecule has 17 heavy (non-hydrogen) atoms. The molecule has 1 rings (SSSR count). The molecule has 1 heterocycles. The fourth-order valence-electron chi connectivity index (χ4n) is 1.41. The largest absolute Gasteiger partial charge is 0.330 e. The van der Waals surface area contributed by atoms with E-state index in [9.17, 15) is 8.42 Å². The zero-order chi connectivity index (χ0) is 13.1. The number of pyridine rings is 1. The summed E-state index contributed by atoms with van der Waals surface area (Å²) in [5.41, 5.74) is 5.35. The average molecular weight is 257 g/mol. The predicted molar refractivity (Wildman–Crippen MR) is 66.9 cm³/mol. The van der Waals surface area contributed by atoms with Crippen LogP contribution in [0.5, 0.6) is 0 Å². The van der Waals surface area contributed by atoms with Gasteiger partial charge in [0.15, 0.2) is 5.03 Å². The molecule has 1 aromatic rings. The summed E-state index contributed by atoms with van der Waals surface area (Å²) >= 11 is 0. The lowest BCUT2D eigenvalue weighted by atomic mass is 9.94. The minimum absolute atomic E-state index is 0.0651. The quantitative estimate of drug-likeness (QED) is 0.842. The van der Waals surface area contributed by atoms with Crippen LogP contribution in [0.4, 0.5) is 0 Å². The molecule has 0 spiro atoms. The minimum Gasteiger partial charge on any atom is -0.330 e. The Labute approximate surface area is 103 Å². The second kappa shape index (κ2) is 5.12. The smallest absolute Gasteiger partial charge is 0.260 e. The van der Waals surface area contributed by atoms with Crippen LogP contribution in [-0.2, 0) is 10.0 Å². The van der Waals surface area contributed by atoms with Crippen LogP contribution in [-0.4, -0.2) is 37.8 Å². The van der Waals surface area contributed by atoms with Crippen LogP contribution >= 0.6 is 0 Å². The van der Waals surface area contributed by atoms with Gasteiger partial charge in [-0.1, -0.05) is 19.9 Å².